The summed E-state index contributed by atoms with van der Waals surface area (Å²) < 4.78 is 0. The molecule has 3 nitrogen and oxygen atoms in total. The number of nitrogens with one attached hydrogen (secondary N) is 1. The molecule has 3 heteroatoms. The highest BCUT2D eigenvalue weighted by Gasteiger charge is 2.54. The van der Waals surface area contributed by atoms with E-state index in [-0.39, 0.29) is 0 Å². The van der Waals surface area contributed by atoms with Gasteiger partial charge < -0.3 is 5.11 Å². The lowest BCUT2D eigenvalue weighted by atomic mass is 9.79. The largest absolute Gasteiger partial charge is 0.480 e. The van der Waals surface area contributed by atoms with Crippen LogP contribution in [0.5, 0.6) is 0 Å². The van der Waals surface area contributed by atoms with E-state index in [1.54, 1.807) is 0 Å². The van der Waals surface area contributed by atoms with Crippen LogP contribution in [-0.4, -0.2) is 22.7 Å². The van der Waals surface area contributed by atoms with Crippen molar-refractivity contribution >= 4 is 5.97 Å². The van der Waals surface area contributed by atoms with Crippen LogP contribution in [0.1, 0.15) is 26.2 Å². The van der Waals surface area contributed by atoms with Crippen molar-refractivity contribution in [3.63, 3.8) is 0 Å². The fourth-order valence-electron chi connectivity index (χ4n) is 2.48. The second-order valence-corrected chi connectivity index (χ2v) is 3.79. The molecule has 3 unspecified atom stereocenters. The summed E-state index contributed by atoms with van der Waals surface area (Å²) in [4.78, 5) is 10.9. The highest BCUT2D eigenvalue weighted by Crippen LogP contribution is 2.41. The van der Waals surface area contributed by atoms with E-state index in [0.717, 1.165) is 19.3 Å². The van der Waals surface area contributed by atoms with Gasteiger partial charge in [-0.3, -0.25) is 10.1 Å². The fraction of sp³-hybridized carbons (Fsp3) is 0.875. The Morgan fingerprint density at radius 1 is 1.73 bits per heavy atom. The lowest BCUT2D eigenvalue weighted by molar-refractivity contribution is -0.145. The number of carboxylic acids is 1. The zero-order valence-corrected chi connectivity index (χ0v) is 6.63. The molecule has 0 spiro atoms. The summed E-state index contributed by atoms with van der Waals surface area (Å²) >= 11 is 0. The van der Waals surface area contributed by atoms with Crippen molar-refractivity contribution in [2.45, 2.75) is 37.8 Å². The van der Waals surface area contributed by atoms with Crippen LogP contribution < -0.4 is 5.32 Å². The minimum atomic E-state index is -0.662. The molecule has 2 heterocycles. The van der Waals surface area contributed by atoms with Gasteiger partial charge in [-0.1, -0.05) is 6.92 Å². The summed E-state index contributed by atoms with van der Waals surface area (Å²) in [6, 6.07) is 0.473. The van der Waals surface area contributed by atoms with Gasteiger partial charge in [-0.15, -0.1) is 0 Å². The van der Waals surface area contributed by atoms with E-state index in [0.29, 0.717) is 12.0 Å². The number of carbonyl (C=O) groups is 1. The molecule has 2 bridgehead atoms. The van der Waals surface area contributed by atoms with Gasteiger partial charge in [0.15, 0.2) is 0 Å². The van der Waals surface area contributed by atoms with Crippen molar-refractivity contribution in [1.29, 1.82) is 0 Å². The normalized spacial score (nSPS) is 48.1. The molecule has 0 aromatic carbocycles. The van der Waals surface area contributed by atoms with Gasteiger partial charge in [-0.2, -0.15) is 0 Å². The molecule has 0 radical (unpaired) electrons. The summed E-state index contributed by atoms with van der Waals surface area (Å²) in [5.41, 5.74) is -0.565. The van der Waals surface area contributed by atoms with Crippen LogP contribution in [0.25, 0.3) is 0 Å². The molecule has 0 aliphatic carbocycles. The van der Waals surface area contributed by atoms with E-state index in [9.17, 15) is 4.79 Å². The van der Waals surface area contributed by atoms with Gasteiger partial charge in [0.1, 0.15) is 5.54 Å². The number of rotatable bonds is 1. The predicted octanol–water partition coefficient (Wildman–Crippen LogP) is 0.602. The number of carboxylic acid groups (broad SMARTS) is 1. The van der Waals surface area contributed by atoms with Crippen LogP contribution in [0.3, 0.4) is 0 Å². The number of hydrogen-bond donors (Lipinski definition) is 2. The first-order valence-electron chi connectivity index (χ1n) is 4.16. The Bertz CT molecular complexity index is 204. The van der Waals surface area contributed by atoms with E-state index in [4.69, 9.17) is 5.11 Å². The quantitative estimate of drug-likeness (QED) is 0.583. The van der Waals surface area contributed by atoms with Crippen molar-refractivity contribution in [2.75, 3.05) is 0 Å². The Balaban J connectivity index is 2.29. The summed E-state index contributed by atoms with van der Waals surface area (Å²) in [5, 5.41) is 12.2. The van der Waals surface area contributed by atoms with Gasteiger partial charge in [-0.05, 0) is 25.2 Å². The Labute approximate surface area is 65.8 Å². The Kier molecular flexibility index (Phi) is 1.27. The number of fused-ring (bicyclic) bond motifs is 2. The van der Waals surface area contributed by atoms with Crippen molar-refractivity contribution < 1.29 is 9.90 Å². The predicted molar refractivity (Wildman–Crippen MR) is 40.3 cm³/mol. The molecule has 62 valence electrons. The molecule has 0 aromatic heterocycles. The van der Waals surface area contributed by atoms with E-state index >= 15 is 0 Å². The van der Waals surface area contributed by atoms with Crippen molar-refractivity contribution in [1.82, 2.24) is 5.32 Å². The van der Waals surface area contributed by atoms with Crippen LogP contribution in [0.4, 0.5) is 0 Å². The van der Waals surface area contributed by atoms with Crippen LogP contribution in [0.2, 0.25) is 0 Å². The van der Waals surface area contributed by atoms with Gasteiger partial charge in [0, 0.05) is 6.04 Å². The van der Waals surface area contributed by atoms with E-state index in [2.05, 4.69) is 5.32 Å². The monoisotopic (exact) mass is 155 g/mol. The Morgan fingerprint density at radius 3 is 2.73 bits per heavy atom. The molecule has 3 atom stereocenters. The first-order valence-corrected chi connectivity index (χ1v) is 4.16. The van der Waals surface area contributed by atoms with Crippen molar-refractivity contribution in [3.05, 3.63) is 0 Å². The third-order valence-corrected chi connectivity index (χ3v) is 3.21. The maximum atomic E-state index is 10.9. The lowest BCUT2D eigenvalue weighted by Crippen LogP contribution is -2.48. The first-order chi connectivity index (χ1) is 5.15. The molecule has 2 N–H and O–H groups in total. The molecule has 11 heavy (non-hydrogen) atoms. The zero-order chi connectivity index (χ0) is 8.06. The second kappa shape index (κ2) is 1.97. The molecule has 2 fully saturated rings. The maximum absolute atomic E-state index is 10.9. The summed E-state index contributed by atoms with van der Waals surface area (Å²) in [5.74, 6) is -0.358. The fourth-order valence-corrected chi connectivity index (χ4v) is 2.48. The van der Waals surface area contributed by atoms with Crippen LogP contribution >= 0.6 is 0 Å². The van der Waals surface area contributed by atoms with Crippen molar-refractivity contribution in [2.24, 2.45) is 5.92 Å². The molecular formula is C8H13NO2. The van der Waals surface area contributed by atoms with Gasteiger partial charge in [0.05, 0.1) is 0 Å². The minimum Gasteiger partial charge on any atom is -0.480 e. The average Bonchev–Trinajstić information content (AvgIpc) is 2.43. The van der Waals surface area contributed by atoms with E-state index < -0.39 is 11.5 Å². The average molecular weight is 155 g/mol. The highest BCUT2D eigenvalue weighted by molar-refractivity contribution is 5.80. The summed E-state index contributed by atoms with van der Waals surface area (Å²) in [6.07, 6.45) is 2.89. The molecule has 0 saturated carbocycles. The Hall–Kier alpha value is -0.570. The molecule has 2 aliphatic rings. The van der Waals surface area contributed by atoms with E-state index in [1.807, 2.05) is 6.92 Å². The highest BCUT2D eigenvalue weighted by atomic mass is 16.4. The zero-order valence-electron chi connectivity index (χ0n) is 6.63. The summed E-state index contributed by atoms with van der Waals surface area (Å²) in [6.45, 7) is 2.03. The van der Waals surface area contributed by atoms with Crippen LogP contribution in [0.15, 0.2) is 0 Å². The van der Waals surface area contributed by atoms with Crippen molar-refractivity contribution in [3.8, 4) is 0 Å². The number of aliphatic carboxylic acids is 1. The third-order valence-electron chi connectivity index (χ3n) is 3.21. The van der Waals surface area contributed by atoms with E-state index in [1.165, 1.54) is 0 Å². The third kappa shape index (κ3) is 0.745. The topological polar surface area (TPSA) is 49.3 Å². The smallest absolute Gasteiger partial charge is 0.324 e. The first kappa shape index (κ1) is 7.10. The molecular weight excluding hydrogens is 142 g/mol. The maximum Gasteiger partial charge on any atom is 0.324 e. The minimum absolute atomic E-state index is 0.304. The van der Waals surface area contributed by atoms with Gasteiger partial charge in [-0.25, -0.2) is 0 Å². The van der Waals surface area contributed by atoms with Crippen LogP contribution in [-0.2, 0) is 4.79 Å². The second-order valence-electron chi connectivity index (χ2n) is 3.79. The van der Waals surface area contributed by atoms with Gasteiger partial charge >= 0.3 is 5.97 Å². The molecule has 2 aliphatic heterocycles. The van der Waals surface area contributed by atoms with Gasteiger partial charge in [0.2, 0.25) is 0 Å². The van der Waals surface area contributed by atoms with Crippen LogP contribution in [0, 0.1) is 5.92 Å². The Morgan fingerprint density at radius 2 is 2.45 bits per heavy atom. The molecule has 2 saturated heterocycles. The SMILES string of the molecule is CC1CC2CCC1(C(=O)O)N2. The summed E-state index contributed by atoms with van der Waals surface area (Å²) in [7, 11) is 0. The standard InChI is InChI=1S/C8H13NO2/c1-5-4-6-2-3-8(5,9-6)7(10)11/h5-6,9H,2-4H2,1H3,(H,10,11). The molecule has 0 aromatic rings. The van der Waals surface area contributed by atoms with Gasteiger partial charge in [0.25, 0.3) is 0 Å². The lowest BCUT2D eigenvalue weighted by Gasteiger charge is -2.26. The molecule has 0 amide bonds. The number of hydrogen-bond acceptors (Lipinski definition) is 2. The molecule has 2 rings (SSSR count).